The standard InChI is InChI=1S/C17H28N2O4S/c1-5-11-18(12-6-2)17(20)14-19(24(4,21)22)13-15-7-9-16(23-3)10-8-15/h7-10H,5-6,11-14H2,1-4H3. The third-order valence-electron chi connectivity index (χ3n) is 3.64. The lowest BCUT2D eigenvalue weighted by Crippen LogP contribution is -2.42. The van der Waals surface area contributed by atoms with Gasteiger partial charge in [-0.15, -0.1) is 0 Å². The fraction of sp³-hybridized carbons (Fsp3) is 0.588. The normalized spacial score (nSPS) is 11.5. The second kappa shape index (κ2) is 9.64. The van der Waals surface area contributed by atoms with Crippen molar-refractivity contribution in [1.82, 2.24) is 9.21 Å². The molecule has 0 aliphatic heterocycles. The van der Waals surface area contributed by atoms with Crippen molar-refractivity contribution in [3.8, 4) is 5.75 Å². The zero-order chi connectivity index (χ0) is 18.2. The molecule has 1 aromatic rings. The van der Waals surface area contributed by atoms with Crippen molar-refractivity contribution in [2.45, 2.75) is 33.2 Å². The van der Waals surface area contributed by atoms with Gasteiger partial charge in [0.25, 0.3) is 0 Å². The van der Waals surface area contributed by atoms with E-state index in [9.17, 15) is 13.2 Å². The highest BCUT2D eigenvalue weighted by Crippen LogP contribution is 2.14. The van der Waals surface area contributed by atoms with Crippen LogP contribution in [0.3, 0.4) is 0 Å². The zero-order valence-corrected chi connectivity index (χ0v) is 15.8. The number of sulfonamides is 1. The first kappa shape index (κ1) is 20.4. The van der Waals surface area contributed by atoms with Gasteiger partial charge in [0, 0.05) is 19.6 Å². The summed E-state index contributed by atoms with van der Waals surface area (Å²) in [5.41, 5.74) is 0.812. The molecule has 0 fully saturated rings. The lowest BCUT2D eigenvalue weighted by Gasteiger charge is -2.26. The molecule has 6 nitrogen and oxygen atoms in total. The molecule has 0 unspecified atom stereocenters. The fourth-order valence-corrected chi connectivity index (χ4v) is 3.11. The average Bonchev–Trinajstić information content (AvgIpc) is 2.53. The Morgan fingerprint density at radius 2 is 1.62 bits per heavy atom. The summed E-state index contributed by atoms with van der Waals surface area (Å²) >= 11 is 0. The Morgan fingerprint density at radius 3 is 2.04 bits per heavy atom. The number of amides is 1. The summed E-state index contributed by atoms with van der Waals surface area (Å²) in [4.78, 5) is 14.2. The van der Waals surface area contributed by atoms with E-state index < -0.39 is 10.0 Å². The quantitative estimate of drug-likeness (QED) is 0.644. The number of ether oxygens (including phenoxy) is 1. The second-order valence-corrected chi connectivity index (χ2v) is 7.74. The van der Waals surface area contributed by atoms with E-state index in [1.54, 1.807) is 36.3 Å². The molecule has 7 heteroatoms. The minimum atomic E-state index is -3.48. The molecule has 0 aliphatic rings. The Balaban J connectivity index is 2.87. The van der Waals surface area contributed by atoms with Crippen molar-refractivity contribution in [2.24, 2.45) is 0 Å². The van der Waals surface area contributed by atoms with Gasteiger partial charge in [-0.05, 0) is 30.5 Å². The van der Waals surface area contributed by atoms with Gasteiger partial charge in [-0.3, -0.25) is 4.79 Å². The van der Waals surface area contributed by atoms with Crippen molar-refractivity contribution in [2.75, 3.05) is 33.0 Å². The van der Waals surface area contributed by atoms with Crippen LogP contribution >= 0.6 is 0 Å². The molecule has 136 valence electrons. The first-order chi connectivity index (χ1) is 11.3. The third kappa shape index (κ3) is 6.49. The summed E-state index contributed by atoms with van der Waals surface area (Å²) in [5.74, 6) is 0.551. The number of carbonyl (C=O) groups is 1. The summed E-state index contributed by atoms with van der Waals surface area (Å²) in [5, 5.41) is 0. The maximum atomic E-state index is 12.5. The summed E-state index contributed by atoms with van der Waals surface area (Å²) in [6.45, 7) is 5.33. The SMILES string of the molecule is CCCN(CCC)C(=O)CN(Cc1ccc(OC)cc1)S(C)(=O)=O. The van der Waals surface area contributed by atoms with Crippen molar-refractivity contribution >= 4 is 15.9 Å². The van der Waals surface area contributed by atoms with E-state index in [1.807, 2.05) is 13.8 Å². The molecule has 0 saturated carbocycles. The first-order valence-corrected chi connectivity index (χ1v) is 10.0. The van der Waals surface area contributed by atoms with Crippen molar-refractivity contribution < 1.29 is 17.9 Å². The lowest BCUT2D eigenvalue weighted by molar-refractivity contribution is -0.131. The fourth-order valence-electron chi connectivity index (χ4n) is 2.38. The molecule has 0 N–H and O–H groups in total. The van der Waals surface area contributed by atoms with Gasteiger partial charge < -0.3 is 9.64 Å². The number of methoxy groups -OCH3 is 1. The Hall–Kier alpha value is -1.60. The molecule has 0 aliphatic carbocycles. The summed E-state index contributed by atoms with van der Waals surface area (Å²) in [7, 11) is -1.91. The molecule has 0 spiro atoms. The molecule has 0 bridgehead atoms. The van der Waals surface area contributed by atoms with Crippen molar-refractivity contribution in [1.29, 1.82) is 0 Å². The molecular weight excluding hydrogens is 328 g/mol. The van der Waals surface area contributed by atoms with Crippen LogP contribution in [0.2, 0.25) is 0 Å². The Morgan fingerprint density at radius 1 is 1.08 bits per heavy atom. The zero-order valence-electron chi connectivity index (χ0n) is 15.0. The van der Waals surface area contributed by atoms with E-state index in [0.717, 1.165) is 24.7 Å². The summed E-state index contributed by atoms with van der Waals surface area (Å²) < 4.78 is 30.4. The van der Waals surface area contributed by atoms with Gasteiger partial charge in [-0.2, -0.15) is 4.31 Å². The minimum Gasteiger partial charge on any atom is -0.497 e. The maximum absolute atomic E-state index is 12.5. The number of nitrogens with zero attached hydrogens (tertiary/aromatic N) is 2. The van der Waals surface area contributed by atoms with Crippen molar-refractivity contribution in [3.05, 3.63) is 29.8 Å². The second-order valence-electron chi connectivity index (χ2n) is 5.76. The van der Waals surface area contributed by atoms with Crippen LogP contribution < -0.4 is 4.74 Å². The van der Waals surface area contributed by atoms with E-state index in [4.69, 9.17) is 4.74 Å². The van der Waals surface area contributed by atoms with Gasteiger partial charge in [-0.25, -0.2) is 8.42 Å². The van der Waals surface area contributed by atoms with E-state index >= 15 is 0 Å². The van der Waals surface area contributed by atoms with Crippen molar-refractivity contribution in [3.63, 3.8) is 0 Å². The van der Waals surface area contributed by atoms with Crippen LogP contribution in [-0.4, -0.2) is 56.5 Å². The number of hydrogen-bond donors (Lipinski definition) is 0. The molecule has 0 heterocycles. The van der Waals surface area contributed by atoms with Gasteiger partial charge >= 0.3 is 0 Å². The molecule has 0 atom stereocenters. The van der Waals surface area contributed by atoms with Crippen LogP contribution in [0.4, 0.5) is 0 Å². The molecule has 1 rings (SSSR count). The predicted octanol–water partition coefficient (Wildman–Crippen LogP) is 2.11. The van der Waals surface area contributed by atoms with Gasteiger partial charge in [0.2, 0.25) is 15.9 Å². The maximum Gasteiger partial charge on any atom is 0.237 e. The highest BCUT2D eigenvalue weighted by molar-refractivity contribution is 7.88. The first-order valence-electron chi connectivity index (χ1n) is 8.17. The average molecular weight is 356 g/mol. The molecule has 1 amide bonds. The summed E-state index contributed by atoms with van der Waals surface area (Å²) in [6.07, 6.45) is 2.83. The van der Waals surface area contributed by atoms with Gasteiger partial charge in [0.1, 0.15) is 5.75 Å². The topological polar surface area (TPSA) is 66.9 Å². The van der Waals surface area contributed by atoms with E-state index in [1.165, 1.54) is 4.31 Å². The van der Waals surface area contributed by atoms with Gasteiger partial charge in [-0.1, -0.05) is 26.0 Å². The largest absolute Gasteiger partial charge is 0.497 e. The number of carbonyl (C=O) groups excluding carboxylic acids is 1. The number of hydrogen-bond acceptors (Lipinski definition) is 4. The molecule has 0 saturated heterocycles. The van der Waals surface area contributed by atoms with E-state index in [0.29, 0.717) is 18.8 Å². The molecular formula is C17H28N2O4S. The highest BCUT2D eigenvalue weighted by Gasteiger charge is 2.23. The summed E-state index contributed by atoms with van der Waals surface area (Å²) in [6, 6.07) is 7.16. The smallest absolute Gasteiger partial charge is 0.237 e. The van der Waals surface area contributed by atoms with E-state index in [-0.39, 0.29) is 19.0 Å². The Kier molecular flexibility index (Phi) is 8.21. The monoisotopic (exact) mass is 356 g/mol. The Bertz CT molecular complexity index is 608. The number of rotatable bonds is 10. The number of benzene rings is 1. The third-order valence-corrected chi connectivity index (χ3v) is 4.83. The van der Waals surface area contributed by atoms with Gasteiger partial charge in [0.15, 0.2) is 0 Å². The van der Waals surface area contributed by atoms with Gasteiger partial charge in [0.05, 0.1) is 19.9 Å². The van der Waals surface area contributed by atoms with E-state index in [2.05, 4.69) is 0 Å². The van der Waals surface area contributed by atoms with Crippen LogP contribution in [0.5, 0.6) is 5.75 Å². The highest BCUT2D eigenvalue weighted by atomic mass is 32.2. The van der Waals surface area contributed by atoms with Crippen LogP contribution in [0.25, 0.3) is 0 Å². The van der Waals surface area contributed by atoms with Crippen LogP contribution in [0, 0.1) is 0 Å². The molecule has 1 aromatic carbocycles. The lowest BCUT2D eigenvalue weighted by atomic mass is 10.2. The Labute approximate surface area is 145 Å². The predicted molar refractivity (Wildman–Crippen MR) is 95.4 cm³/mol. The molecule has 24 heavy (non-hydrogen) atoms. The van der Waals surface area contributed by atoms with Crippen LogP contribution in [0.1, 0.15) is 32.3 Å². The van der Waals surface area contributed by atoms with Crippen LogP contribution in [0.15, 0.2) is 24.3 Å². The minimum absolute atomic E-state index is 0.134. The van der Waals surface area contributed by atoms with Crippen LogP contribution in [-0.2, 0) is 21.4 Å². The molecule has 0 radical (unpaired) electrons. The molecule has 0 aromatic heterocycles.